The number of carbonyl (C=O) groups is 1. The molecule has 1 atom stereocenters. The average Bonchev–Trinajstić information content (AvgIpc) is 2.75. The van der Waals surface area contributed by atoms with Crippen LogP contribution >= 0.6 is 0 Å². The summed E-state index contributed by atoms with van der Waals surface area (Å²) in [5.41, 5.74) is 3.75. The molecule has 1 fully saturated rings. The topological polar surface area (TPSA) is 81.7 Å². The van der Waals surface area contributed by atoms with Gasteiger partial charge in [0.25, 0.3) is 0 Å². The Morgan fingerprint density at radius 3 is 2.21 bits per heavy atom. The van der Waals surface area contributed by atoms with Gasteiger partial charge in [-0.2, -0.15) is 4.72 Å². The van der Waals surface area contributed by atoms with Crippen molar-refractivity contribution in [2.24, 2.45) is 5.92 Å². The number of carbonyl (C=O) groups excluding carboxylic acids is 1. The fourth-order valence-electron chi connectivity index (χ4n) is 3.92. The molecule has 7 nitrogen and oxygen atoms in total. The van der Waals surface area contributed by atoms with E-state index in [1.54, 1.807) is 24.3 Å². The number of hydrogen-bond acceptors (Lipinski definition) is 5. The molecule has 1 heterocycles. The highest BCUT2D eigenvalue weighted by Crippen LogP contribution is 2.24. The minimum atomic E-state index is -3.82. The van der Waals surface area contributed by atoms with Crippen LogP contribution in [0.3, 0.4) is 0 Å². The largest absolute Gasteiger partial charge is 0.369 e. The third kappa shape index (κ3) is 6.79. The van der Waals surface area contributed by atoms with Gasteiger partial charge in [0.1, 0.15) is 6.04 Å². The van der Waals surface area contributed by atoms with Crippen LogP contribution in [-0.4, -0.2) is 58.5 Å². The number of aryl methyl sites for hydroxylation is 2. The maximum absolute atomic E-state index is 13.1. The van der Waals surface area contributed by atoms with Gasteiger partial charge in [-0.05, 0) is 69.1 Å². The Kier molecular flexibility index (Phi) is 8.15. The third-order valence-electron chi connectivity index (χ3n) is 5.99. The summed E-state index contributed by atoms with van der Waals surface area (Å²) in [6.45, 7) is 11.8. The van der Waals surface area contributed by atoms with Crippen LogP contribution < -0.4 is 14.9 Å². The van der Waals surface area contributed by atoms with E-state index in [-0.39, 0.29) is 16.7 Å². The summed E-state index contributed by atoms with van der Waals surface area (Å²) >= 11 is 0. The summed E-state index contributed by atoms with van der Waals surface area (Å²) in [5, 5.41) is 2.94. The predicted octanol–water partition coefficient (Wildman–Crippen LogP) is 3.39. The van der Waals surface area contributed by atoms with Crippen LogP contribution in [0.5, 0.6) is 0 Å². The molecule has 1 saturated heterocycles. The van der Waals surface area contributed by atoms with Crippen molar-refractivity contribution in [3.63, 3.8) is 0 Å². The molecule has 0 saturated carbocycles. The summed E-state index contributed by atoms with van der Waals surface area (Å²) in [6, 6.07) is 11.7. The normalized spacial score (nSPS) is 16.1. The molecule has 0 bridgehead atoms. The lowest BCUT2D eigenvalue weighted by Gasteiger charge is -2.34. The van der Waals surface area contributed by atoms with Gasteiger partial charge >= 0.3 is 0 Å². The average molecular weight is 473 g/mol. The number of benzene rings is 2. The minimum Gasteiger partial charge on any atom is -0.369 e. The zero-order chi connectivity index (χ0) is 24.2. The lowest BCUT2D eigenvalue weighted by molar-refractivity contribution is -0.118. The number of anilines is 2. The first-order valence-electron chi connectivity index (χ1n) is 11.5. The van der Waals surface area contributed by atoms with Crippen molar-refractivity contribution in [2.45, 2.75) is 45.1 Å². The zero-order valence-electron chi connectivity index (χ0n) is 20.3. The maximum atomic E-state index is 13.1. The van der Waals surface area contributed by atoms with E-state index in [1.165, 1.54) is 0 Å². The van der Waals surface area contributed by atoms with E-state index >= 15 is 0 Å². The molecule has 0 radical (unpaired) electrons. The Bertz CT molecular complexity index is 1060. The molecule has 2 aromatic carbocycles. The van der Waals surface area contributed by atoms with Crippen LogP contribution in [0.15, 0.2) is 47.4 Å². The minimum absolute atomic E-state index is 0.141. The van der Waals surface area contributed by atoms with Crippen molar-refractivity contribution in [1.29, 1.82) is 0 Å². The first-order chi connectivity index (χ1) is 15.5. The van der Waals surface area contributed by atoms with Crippen LogP contribution in [0.4, 0.5) is 11.4 Å². The summed E-state index contributed by atoms with van der Waals surface area (Å²) in [5.74, 6) is -0.211. The molecule has 0 spiro atoms. The van der Waals surface area contributed by atoms with Crippen molar-refractivity contribution in [3.8, 4) is 0 Å². The molecule has 1 amide bonds. The van der Waals surface area contributed by atoms with Crippen LogP contribution in [0.2, 0.25) is 0 Å². The van der Waals surface area contributed by atoms with Crippen molar-refractivity contribution >= 4 is 27.3 Å². The molecule has 2 N–H and O–H groups in total. The Morgan fingerprint density at radius 2 is 1.64 bits per heavy atom. The first-order valence-corrected chi connectivity index (χ1v) is 13.0. The van der Waals surface area contributed by atoms with Gasteiger partial charge in [-0.1, -0.05) is 31.5 Å². The molecule has 8 heteroatoms. The van der Waals surface area contributed by atoms with Gasteiger partial charge in [0.2, 0.25) is 15.9 Å². The lowest BCUT2D eigenvalue weighted by Crippen LogP contribution is -2.45. The van der Waals surface area contributed by atoms with E-state index in [9.17, 15) is 13.2 Å². The zero-order valence-corrected chi connectivity index (χ0v) is 21.1. The molecular formula is C25H36N4O3S. The van der Waals surface area contributed by atoms with Gasteiger partial charge in [0.05, 0.1) is 4.90 Å². The molecule has 3 rings (SSSR count). The van der Waals surface area contributed by atoms with Gasteiger partial charge in [-0.15, -0.1) is 0 Å². The fourth-order valence-corrected chi connectivity index (χ4v) is 5.13. The summed E-state index contributed by atoms with van der Waals surface area (Å²) < 4.78 is 28.4. The van der Waals surface area contributed by atoms with Gasteiger partial charge in [-0.3, -0.25) is 4.79 Å². The monoisotopic (exact) mass is 472 g/mol. The number of nitrogens with zero attached hydrogens (tertiary/aromatic N) is 2. The number of piperazine rings is 1. The standard InChI is InChI=1S/C25H36N4O3S/c1-18(2)16-24(27-33(31,32)22-9-6-19(3)7-10-22)25(30)26-23-11-8-21(17-20(23)4)29-14-12-28(5)13-15-29/h6-11,17-18,24,27H,12-16H2,1-5H3,(H,26,30). The molecule has 1 aliphatic rings. The number of hydrogen-bond donors (Lipinski definition) is 2. The van der Waals surface area contributed by atoms with Crippen LogP contribution in [0.25, 0.3) is 0 Å². The molecule has 33 heavy (non-hydrogen) atoms. The lowest BCUT2D eigenvalue weighted by atomic mass is 10.0. The van der Waals surface area contributed by atoms with Crippen molar-refractivity contribution in [3.05, 3.63) is 53.6 Å². The third-order valence-corrected chi connectivity index (χ3v) is 7.48. The Balaban J connectivity index is 1.74. The number of likely N-dealkylation sites (N-methyl/N-ethyl adjacent to an activating group) is 1. The van der Waals surface area contributed by atoms with E-state index in [0.29, 0.717) is 12.1 Å². The molecule has 2 aromatic rings. The molecule has 0 aliphatic carbocycles. The Morgan fingerprint density at radius 1 is 1.00 bits per heavy atom. The highest BCUT2D eigenvalue weighted by molar-refractivity contribution is 7.89. The van der Waals surface area contributed by atoms with E-state index < -0.39 is 16.1 Å². The van der Waals surface area contributed by atoms with Crippen LogP contribution in [0.1, 0.15) is 31.4 Å². The van der Waals surface area contributed by atoms with Crippen LogP contribution in [0, 0.1) is 19.8 Å². The quantitative estimate of drug-likeness (QED) is 0.616. The Labute approximate surface area is 198 Å². The smallest absolute Gasteiger partial charge is 0.242 e. The second kappa shape index (κ2) is 10.7. The van der Waals surface area contributed by atoms with Gasteiger partial charge in [0, 0.05) is 37.6 Å². The van der Waals surface area contributed by atoms with E-state index in [0.717, 1.165) is 43.0 Å². The van der Waals surface area contributed by atoms with Crippen molar-refractivity contribution in [2.75, 3.05) is 43.4 Å². The van der Waals surface area contributed by atoms with E-state index in [1.807, 2.05) is 39.8 Å². The van der Waals surface area contributed by atoms with E-state index in [4.69, 9.17) is 0 Å². The van der Waals surface area contributed by atoms with Crippen molar-refractivity contribution in [1.82, 2.24) is 9.62 Å². The highest BCUT2D eigenvalue weighted by Gasteiger charge is 2.27. The summed E-state index contributed by atoms with van der Waals surface area (Å²) in [7, 11) is -1.69. The van der Waals surface area contributed by atoms with Gasteiger partial charge in [-0.25, -0.2) is 8.42 Å². The van der Waals surface area contributed by atoms with E-state index in [2.05, 4.69) is 33.0 Å². The second-order valence-corrected chi connectivity index (χ2v) is 11.1. The second-order valence-electron chi connectivity index (χ2n) is 9.40. The summed E-state index contributed by atoms with van der Waals surface area (Å²) in [6.07, 6.45) is 0.398. The molecule has 0 aromatic heterocycles. The van der Waals surface area contributed by atoms with Crippen LogP contribution in [-0.2, 0) is 14.8 Å². The van der Waals surface area contributed by atoms with Gasteiger partial charge in [0.15, 0.2) is 0 Å². The number of sulfonamides is 1. The maximum Gasteiger partial charge on any atom is 0.242 e. The fraction of sp³-hybridized carbons (Fsp3) is 0.480. The predicted molar refractivity (Wildman–Crippen MR) is 134 cm³/mol. The van der Waals surface area contributed by atoms with Gasteiger partial charge < -0.3 is 15.1 Å². The van der Waals surface area contributed by atoms with Crippen molar-refractivity contribution < 1.29 is 13.2 Å². The number of nitrogens with one attached hydrogen (secondary N) is 2. The molecular weight excluding hydrogens is 436 g/mol. The summed E-state index contributed by atoms with van der Waals surface area (Å²) in [4.78, 5) is 17.9. The first kappa shape index (κ1) is 25.2. The molecule has 1 aliphatic heterocycles. The molecule has 1 unspecified atom stereocenters. The number of amides is 1. The Hall–Kier alpha value is -2.42. The highest BCUT2D eigenvalue weighted by atomic mass is 32.2. The number of rotatable bonds is 8. The SMILES string of the molecule is Cc1ccc(S(=O)(=O)NC(CC(C)C)C(=O)Nc2ccc(N3CCN(C)CC3)cc2C)cc1. The molecule has 180 valence electrons.